The van der Waals surface area contributed by atoms with Crippen molar-refractivity contribution in [1.82, 2.24) is 4.90 Å². The summed E-state index contributed by atoms with van der Waals surface area (Å²) in [7, 11) is 0. The summed E-state index contributed by atoms with van der Waals surface area (Å²) in [5.41, 5.74) is 4.30. The number of rotatable bonds is 5. The molecule has 0 aromatic heterocycles. The Kier molecular flexibility index (Phi) is 5.42. The fourth-order valence-electron chi connectivity index (χ4n) is 1.62. The molecule has 0 unspecified atom stereocenters. The summed E-state index contributed by atoms with van der Waals surface area (Å²) in [5.74, 6) is -2.62. The predicted molar refractivity (Wildman–Crippen MR) is 67.1 cm³/mol. The van der Waals surface area contributed by atoms with Crippen molar-refractivity contribution in [3.05, 3.63) is 29.3 Å². The van der Waals surface area contributed by atoms with Gasteiger partial charge in [0.15, 0.2) is 5.82 Å². The molecule has 0 spiro atoms. The molecule has 7 heteroatoms. The lowest BCUT2D eigenvalue weighted by Gasteiger charge is -2.21. The third-order valence-corrected chi connectivity index (χ3v) is 2.57. The Morgan fingerprint density at radius 1 is 1.20 bits per heavy atom. The first-order valence-corrected chi connectivity index (χ1v) is 5.79. The van der Waals surface area contributed by atoms with Crippen LogP contribution in [-0.4, -0.2) is 23.9 Å². The quantitative estimate of drug-likeness (QED) is 0.831. The van der Waals surface area contributed by atoms with Crippen molar-refractivity contribution in [2.45, 2.75) is 12.8 Å². The molecule has 104 valence electrons. The van der Waals surface area contributed by atoms with E-state index in [1.54, 1.807) is 0 Å². The Labute approximate surface area is 114 Å². The SMILES string of the molecule is N#CCCN(CCC#N)C(=O)c1cc(F)cc(N)c1F. The topological polar surface area (TPSA) is 93.9 Å². The van der Waals surface area contributed by atoms with Gasteiger partial charge in [-0.3, -0.25) is 4.79 Å². The number of nitriles is 2. The van der Waals surface area contributed by atoms with E-state index < -0.39 is 28.8 Å². The molecule has 20 heavy (non-hydrogen) atoms. The molecule has 1 amide bonds. The summed E-state index contributed by atoms with van der Waals surface area (Å²) in [6, 6.07) is 5.23. The van der Waals surface area contributed by atoms with Crippen molar-refractivity contribution in [1.29, 1.82) is 10.5 Å². The van der Waals surface area contributed by atoms with E-state index in [2.05, 4.69) is 0 Å². The molecule has 5 nitrogen and oxygen atoms in total. The van der Waals surface area contributed by atoms with E-state index in [0.29, 0.717) is 0 Å². The number of anilines is 1. The first-order valence-electron chi connectivity index (χ1n) is 5.79. The minimum absolute atomic E-state index is 0.0313. The molecule has 2 N–H and O–H groups in total. The summed E-state index contributed by atoms with van der Waals surface area (Å²) in [6.45, 7) is 0.0692. The zero-order valence-corrected chi connectivity index (χ0v) is 10.6. The Bertz CT molecular complexity index is 571. The molecular formula is C13H12F2N4O. The molecular weight excluding hydrogens is 266 g/mol. The van der Waals surface area contributed by atoms with Gasteiger partial charge < -0.3 is 10.6 Å². The van der Waals surface area contributed by atoms with Crippen LogP contribution in [0, 0.1) is 34.3 Å². The van der Waals surface area contributed by atoms with Gasteiger partial charge in [0.2, 0.25) is 0 Å². The molecule has 0 radical (unpaired) electrons. The molecule has 1 aromatic rings. The molecule has 0 aliphatic heterocycles. The van der Waals surface area contributed by atoms with E-state index >= 15 is 0 Å². The molecule has 0 aliphatic carbocycles. The Hall–Kier alpha value is -2.67. The largest absolute Gasteiger partial charge is 0.396 e. The fourth-order valence-corrected chi connectivity index (χ4v) is 1.62. The van der Waals surface area contributed by atoms with E-state index in [1.807, 2.05) is 12.1 Å². The van der Waals surface area contributed by atoms with Gasteiger partial charge in [-0.05, 0) is 12.1 Å². The zero-order valence-electron chi connectivity index (χ0n) is 10.6. The lowest BCUT2D eigenvalue weighted by molar-refractivity contribution is 0.0757. The van der Waals surface area contributed by atoms with Crippen molar-refractivity contribution in [2.75, 3.05) is 18.8 Å². The first kappa shape index (κ1) is 15.4. The molecule has 0 fully saturated rings. The van der Waals surface area contributed by atoms with E-state index in [-0.39, 0.29) is 25.9 Å². The molecule has 0 bridgehead atoms. The molecule has 1 aromatic carbocycles. The highest BCUT2D eigenvalue weighted by Crippen LogP contribution is 2.19. The second-order valence-electron chi connectivity index (χ2n) is 3.96. The monoisotopic (exact) mass is 278 g/mol. The number of nitrogens with zero attached hydrogens (tertiary/aromatic N) is 3. The summed E-state index contributed by atoms with van der Waals surface area (Å²) < 4.78 is 27.0. The number of nitrogen functional groups attached to an aromatic ring is 1. The third-order valence-electron chi connectivity index (χ3n) is 2.57. The molecule has 0 heterocycles. The smallest absolute Gasteiger partial charge is 0.257 e. The number of carbonyl (C=O) groups is 1. The number of hydrogen-bond donors (Lipinski definition) is 1. The van der Waals surface area contributed by atoms with Crippen molar-refractivity contribution in [3.8, 4) is 12.1 Å². The highest BCUT2D eigenvalue weighted by atomic mass is 19.1. The van der Waals surface area contributed by atoms with Crippen LogP contribution in [0.5, 0.6) is 0 Å². The number of amides is 1. The third kappa shape index (κ3) is 3.66. The van der Waals surface area contributed by atoms with Crippen LogP contribution in [0.4, 0.5) is 14.5 Å². The molecule has 0 aliphatic rings. The highest BCUT2D eigenvalue weighted by molar-refractivity contribution is 5.95. The van der Waals surface area contributed by atoms with Crippen LogP contribution in [0.3, 0.4) is 0 Å². The van der Waals surface area contributed by atoms with Crippen LogP contribution in [0.1, 0.15) is 23.2 Å². The Balaban J connectivity index is 3.05. The summed E-state index contributed by atoms with van der Waals surface area (Å²) >= 11 is 0. The average Bonchev–Trinajstić information content (AvgIpc) is 2.42. The van der Waals surface area contributed by atoms with Crippen molar-refractivity contribution in [3.63, 3.8) is 0 Å². The van der Waals surface area contributed by atoms with Crippen LogP contribution in [0.15, 0.2) is 12.1 Å². The van der Waals surface area contributed by atoms with Crippen molar-refractivity contribution >= 4 is 11.6 Å². The maximum absolute atomic E-state index is 13.8. The van der Waals surface area contributed by atoms with Gasteiger partial charge in [0.05, 0.1) is 36.2 Å². The minimum Gasteiger partial charge on any atom is -0.396 e. The van der Waals surface area contributed by atoms with Crippen LogP contribution in [-0.2, 0) is 0 Å². The maximum Gasteiger partial charge on any atom is 0.257 e. The van der Waals surface area contributed by atoms with Gasteiger partial charge in [0, 0.05) is 13.1 Å². The number of hydrogen-bond acceptors (Lipinski definition) is 4. The van der Waals surface area contributed by atoms with Crippen LogP contribution in [0.2, 0.25) is 0 Å². The normalized spacial score (nSPS) is 9.60. The van der Waals surface area contributed by atoms with E-state index in [0.717, 1.165) is 17.0 Å². The molecule has 0 saturated carbocycles. The van der Waals surface area contributed by atoms with Crippen molar-refractivity contribution < 1.29 is 13.6 Å². The second kappa shape index (κ2) is 7.05. The Morgan fingerprint density at radius 2 is 1.75 bits per heavy atom. The summed E-state index contributed by atoms with van der Waals surface area (Å²) in [5, 5.41) is 17.1. The fraction of sp³-hybridized carbons (Fsp3) is 0.308. The van der Waals surface area contributed by atoms with Gasteiger partial charge >= 0.3 is 0 Å². The van der Waals surface area contributed by atoms with Crippen LogP contribution in [0.25, 0.3) is 0 Å². The van der Waals surface area contributed by atoms with E-state index in [4.69, 9.17) is 16.3 Å². The number of nitrogens with two attached hydrogens (primary N) is 1. The van der Waals surface area contributed by atoms with Crippen LogP contribution < -0.4 is 5.73 Å². The van der Waals surface area contributed by atoms with E-state index in [9.17, 15) is 13.6 Å². The standard InChI is InChI=1S/C13H12F2N4O/c14-9-7-10(12(15)11(18)8-9)13(20)19(5-1-3-16)6-2-4-17/h7-8H,1-2,5-6,18H2. The lowest BCUT2D eigenvalue weighted by atomic mass is 10.1. The molecule has 0 saturated heterocycles. The predicted octanol–water partition coefficient (Wildman–Crippen LogP) is 1.82. The first-order chi connectivity index (χ1) is 9.51. The van der Waals surface area contributed by atoms with Gasteiger partial charge in [0.1, 0.15) is 5.82 Å². The van der Waals surface area contributed by atoms with Gasteiger partial charge in [-0.15, -0.1) is 0 Å². The highest BCUT2D eigenvalue weighted by Gasteiger charge is 2.21. The minimum atomic E-state index is -1.00. The van der Waals surface area contributed by atoms with Gasteiger partial charge in [0.25, 0.3) is 5.91 Å². The Morgan fingerprint density at radius 3 is 2.25 bits per heavy atom. The molecule has 1 rings (SSSR count). The van der Waals surface area contributed by atoms with Crippen molar-refractivity contribution in [2.24, 2.45) is 0 Å². The second-order valence-corrected chi connectivity index (χ2v) is 3.96. The lowest BCUT2D eigenvalue weighted by Crippen LogP contribution is -2.33. The number of benzene rings is 1. The molecule has 0 atom stereocenters. The maximum atomic E-state index is 13.8. The average molecular weight is 278 g/mol. The van der Waals surface area contributed by atoms with Crippen LogP contribution >= 0.6 is 0 Å². The zero-order chi connectivity index (χ0) is 15.1. The summed E-state index contributed by atoms with van der Waals surface area (Å²) in [6.07, 6.45) is 0.0627. The van der Waals surface area contributed by atoms with E-state index in [1.165, 1.54) is 0 Å². The van der Waals surface area contributed by atoms with Gasteiger partial charge in [-0.1, -0.05) is 0 Å². The van der Waals surface area contributed by atoms with Gasteiger partial charge in [-0.25, -0.2) is 8.78 Å². The van der Waals surface area contributed by atoms with Gasteiger partial charge in [-0.2, -0.15) is 10.5 Å². The summed E-state index contributed by atoms with van der Waals surface area (Å²) in [4.78, 5) is 13.3. The number of carbonyl (C=O) groups excluding carboxylic acids is 1. The number of halogens is 2.